The number of nitrogens with one attached hydrogen (secondary N) is 3. The molecule has 0 radical (unpaired) electrons. The fourth-order valence-electron chi connectivity index (χ4n) is 2.65. The zero-order chi connectivity index (χ0) is 22.8. The fraction of sp³-hybridized carbons (Fsp3) is 0.304. The maximum atomic E-state index is 12.8. The van der Waals surface area contributed by atoms with Crippen molar-refractivity contribution < 1.29 is 19.1 Å². The van der Waals surface area contributed by atoms with Gasteiger partial charge in [0.2, 0.25) is 5.91 Å². The minimum absolute atomic E-state index is 0.0244. The van der Waals surface area contributed by atoms with Gasteiger partial charge in [-0.05, 0) is 67.9 Å². The Morgan fingerprint density at radius 2 is 1.71 bits per heavy atom. The summed E-state index contributed by atoms with van der Waals surface area (Å²) in [4.78, 5) is 36.3. The lowest BCUT2D eigenvalue weighted by molar-refractivity contribution is -0.144. The predicted octanol–water partition coefficient (Wildman–Crippen LogP) is 4.10. The number of aryl methyl sites for hydroxylation is 2. The molecule has 0 fully saturated rings. The van der Waals surface area contributed by atoms with Crippen molar-refractivity contribution in [3.8, 4) is 0 Å². The number of anilines is 2. The average molecular weight is 442 g/mol. The van der Waals surface area contributed by atoms with Gasteiger partial charge in [-0.2, -0.15) is 0 Å². The van der Waals surface area contributed by atoms with Crippen LogP contribution in [0.5, 0.6) is 0 Å². The van der Waals surface area contributed by atoms with Crippen LogP contribution >= 0.6 is 12.2 Å². The molecule has 0 spiro atoms. The Morgan fingerprint density at radius 1 is 0.968 bits per heavy atom. The van der Waals surface area contributed by atoms with Crippen molar-refractivity contribution >= 4 is 46.5 Å². The number of thiocarbonyl (C=S) groups is 1. The Kier molecular flexibility index (Phi) is 9.14. The first-order chi connectivity index (χ1) is 14.8. The molecule has 0 saturated heterocycles. The molecule has 2 amide bonds. The van der Waals surface area contributed by atoms with Gasteiger partial charge in [0.25, 0.3) is 5.91 Å². The molecule has 164 valence electrons. The molecule has 3 N–H and O–H groups in total. The van der Waals surface area contributed by atoms with Gasteiger partial charge >= 0.3 is 5.97 Å². The van der Waals surface area contributed by atoms with E-state index in [4.69, 9.17) is 17.0 Å². The lowest BCUT2D eigenvalue weighted by Gasteiger charge is -2.14. The van der Waals surface area contributed by atoms with Crippen molar-refractivity contribution in [1.29, 1.82) is 0 Å². The molecule has 0 bridgehead atoms. The quantitative estimate of drug-likeness (QED) is 0.422. The zero-order valence-corrected chi connectivity index (χ0v) is 18.7. The van der Waals surface area contributed by atoms with Gasteiger partial charge in [-0.3, -0.25) is 14.4 Å². The zero-order valence-electron chi connectivity index (χ0n) is 17.9. The second kappa shape index (κ2) is 11.8. The van der Waals surface area contributed by atoms with E-state index in [9.17, 15) is 14.4 Å². The summed E-state index contributed by atoms with van der Waals surface area (Å²) in [5.74, 6) is -1.15. The number of esters is 1. The van der Waals surface area contributed by atoms with Gasteiger partial charge in [0.1, 0.15) is 0 Å². The van der Waals surface area contributed by atoms with E-state index in [2.05, 4.69) is 16.0 Å². The third-order valence-electron chi connectivity index (χ3n) is 4.46. The van der Waals surface area contributed by atoms with Crippen molar-refractivity contribution in [3.05, 3.63) is 59.2 Å². The number of hydrogen-bond donors (Lipinski definition) is 3. The molecular weight excluding hydrogens is 414 g/mol. The van der Waals surface area contributed by atoms with Crippen LogP contribution in [0, 0.1) is 13.8 Å². The van der Waals surface area contributed by atoms with Gasteiger partial charge in [0.15, 0.2) is 5.11 Å². The summed E-state index contributed by atoms with van der Waals surface area (Å²) in [6.07, 6.45) is 0.658. The lowest BCUT2D eigenvalue weighted by Crippen LogP contribution is -2.34. The highest BCUT2D eigenvalue weighted by molar-refractivity contribution is 7.80. The summed E-state index contributed by atoms with van der Waals surface area (Å²) in [6.45, 7) is 6.21. The Labute approximate surface area is 187 Å². The highest BCUT2D eigenvalue weighted by Crippen LogP contribution is 2.19. The summed E-state index contributed by atoms with van der Waals surface area (Å²) in [7, 11) is 0. The smallest absolute Gasteiger partial charge is 0.306 e. The van der Waals surface area contributed by atoms with Gasteiger partial charge in [-0.1, -0.05) is 25.1 Å². The number of para-hydroxylation sites is 1. The number of hydrogen-bond acceptors (Lipinski definition) is 5. The van der Waals surface area contributed by atoms with Crippen LogP contribution in [0.3, 0.4) is 0 Å². The highest BCUT2D eigenvalue weighted by Gasteiger charge is 2.14. The van der Waals surface area contributed by atoms with Crippen molar-refractivity contribution in [2.45, 2.75) is 40.0 Å². The maximum absolute atomic E-state index is 12.8. The van der Waals surface area contributed by atoms with Crippen molar-refractivity contribution in [2.75, 3.05) is 17.2 Å². The largest absolute Gasteiger partial charge is 0.466 e. The van der Waals surface area contributed by atoms with Crippen LogP contribution in [-0.4, -0.2) is 29.5 Å². The highest BCUT2D eigenvalue weighted by atomic mass is 32.1. The molecule has 0 aliphatic carbocycles. The van der Waals surface area contributed by atoms with Crippen LogP contribution in [-0.2, 0) is 14.3 Å². The lowest BCUT2D eigenvalue weighted by atomic mass is 10.1. The Morgan fingerprint density at radius 3 is 2.42 bits per heavy atom. The van der Waals surface area contributed by atoms with E-state index in [-0.39, 0.29) is 23.9 Å². The minimum Gasteiger partial charge on any atom is -0.466 e. The van der Waals surface area contributed by atoms with E-state index < -0.39 is 11.9 Å². The minimum atomic E-state index is -0.427. The van der Waals surface area contributed by atoms with E-state index in [1.54, 1.807) is 24.3 Å². The molecule has 0 aromatic heterocycles. The summed E-state index contributed by atoms with van der Waals surface area (Å²) in [5, 5.41) is 8.29. The molecule has 2 aromatic rings. The number of rotatable bonds is 8. The van der Waals surface area contributed by atoms with E-state index in [0.29, 0.717) is 23.5 Å². The van der Waals surface area contributed by atoms with Gasteiger partial charge in [-0.25, -0.2) is 0 Å². The first kappa shape index (κ1) is 24.0. The van der Waals surface area contributed by atoms with Crippen LogP contribution in [0.4, 0.5) is 11.4 Å². The molecule has 0 saturated carbocycles. The van der Waals surface area contributed by atoms with E-state index in [1.807, 2.05) is 39.0 Å². The Balaban J connectivity index is 1.95. The van der Waals surface area contributed by atoms with E-state index in [0.717, 1.165) is 17.5 Å². The normalized spacial score (nSPS) is 10.2. The van der Waals surface area contributed by atoms with E-state index >= 15 is 0 Å². The molecule has 8 heteroatoms. The van der Waals surface area contributed by atoms with Crippen molar-refractivity contribution in [3.63, 3.8) is 0 Å². The van der Waals surface area contributed by atoms with Crippen molar-refractivity contribution in [1.82, 2.24) is 5.32 Å². The first-order valence-corrected chi connectivity index (χ1v) is 10.4. The van der Waals surface area contributed by atoms with Crippen LogP contribution in [0.2, 0.25) is 0 Å². The Hall–Kier alpha value is -3.26. The molecule has 0 aliphatic heterocycles. The average Bonchev–Trinajstić information content (AvgIpc) is 2.73. The Bertz CT molecular complexity index is 975. The second-order valence-electron chi connectivity index (χ2n) is 7.02. The van der Waals surface area contributed by atoms with Gasteiger partial charge in [0, 0.05) is 12.1 Å². The SMILES string of the molecule is CCCOC(=O)CCC(=O)NC(=S)Nc1ccccc1C(=O)Nc1ccc(C)c(C)c1. The number of carbonyl (C=O) groups excluding carboxylic acids is 3. The summed E-state index contributed by atoms with van der Waals surface area (Å²) >= 11 is 5.18. The second-order valence-corrected chi connectivity index (χ2v) is 7.43. The molecule has 0 heterocycles. The van der Waals surface area contributed by atoms with E-state index in [1.165, 1.54) is 0 Å². The number of ether oxygens (including phenoxy) is 1. The summed E-state index contributed by atoms with van der Waals surface area (Å²) in [5.41, 5.74) is 3.73. The van der Waals surface area contributed by atoms with Gasteiger partial charge in [-0.15, -0.1) is 0 Å². The number of carbonyl (C=O) groups is 3. The topological polar surface area (TPSA) is 96.5 Å². The monoisotopic (exact) mass is 441 g/mol. The molecule has 7 nitrogen and oxygen atoms in total. The fourth-order valence-corrected chi connectivity index (χ4v) is 2.88. The van der Waals surface area contributed by atoms with Crippen LogP contribution in [0.15, 0.2) is 42.5 Å². The van der Waals surface area contributed by atoms with Crippen LogP contribution < -0.4 is 16.0 Å². The van der Waals surface area contributed by atoms with Gasteiger partial charge in [0.05, 0.1) is 24.3 Å². The first-order valence-electron chi connectivity index (χ1n) is 10.0. The number of amides is 2. The van der Waals surface area contributed by atoms with Gasteiger partial charge < -0.3 is 20.7 Å². The molecule has 31 heavy (non-hydrogen) atoms. The molecule has 0 unspecified atom stereocenters. The predicted molar refractivity (Wildman–Crippen MR) is 125 cm³/mol. The van der Waals surface area contributed by atoms with Crippen molar-refractivity contribution in [2.24, 2.45) is 0 Å². The third-order valence-corrected chi connectivity index (χ3v) is 4.67. The number of benzene rings is 2. The summed E-state index contributed by atoms with van der Waals surface area (Å²) < 4.78 is 4.94. The van der Waals surface area contributed by atoms with Crippen LogP contribution in [0.25, 0.3) is 0 Å². The molecular formula is C23H27N3O4S. The third kappa shape index (κ3) is 7.82. The summed E-state index contributed by atoms with van der Waals surface area (Å²) in [6, 6.07) is 12.5. The molecule has 2 aromatic carbocycles. The standard InChI is InChI=1S/C23H27N3O4S/c1-4-13-30-21(28)12-11-20(27)26-23(31)25-19-8-6-5-7-18(19)22(29)24-17-10-9-15(2)16(3)14-17/h5-10,14H,4,11-13H2,1-3H3,(H,24,29)(H2,25,26,27,31). The molecule has 2 rings (SSSR count). The molecule has 0 aliphatic rings. The van der Waals surface area contributed by atoms with Crippen LogP contribution in [0.1, 0.15) is 47.7 Å². The maximum Gasteiger partial charge on any atom is 0.306 e. The molecule has 0 atom stereocenters.